The Morgan fingerprint density at radius 1 is 1.25 bits per heavy atom. The maximum absolute atomic E-state index is 13.2. The summed E-state index contributed by atoms with van der Waals surface area (Å²) < 4.78 is 32.9. The molecule has 2 unspecified atom stereocenters. The summed E-state index contributed by atoms with van der Waals surface area (Å²) in [6.45, 7) is 1.95. The van der Waals surface area contributed by atoms with Crippen LogP contribution in [0.4, 0.5) is 8.78 Å². The molecule has 2 N–H and O–H groups in total. The van der Waals surface area contributed by atoms with Gasteiger partial charge in [-0.3, -0.25) is 0 Å². The summed E-state index contributed by atoms with van der Waals surface area (Å²) in [4.78, 5) is 0.941. The molecule has 0 bridgehead atoms. The normalized spacial score (nSPS) is 14.1. The fourth-order valence-electron chi connectivity index (χ4n) is 1.75. The van der Waals surface area contributed by atoms with Gasteiger partial charge >= 0.3 is 0 Å². The maximum Gasteiger partial charge on any atom is 0.162 e. The van der Waals surface area contributed by atoms with Gasteiger partial charge in [-0.2, -0.15) is 0 Å². The molecule has 0 fully saturated rings. The smallest absolute Gasteiger partial charge is 0.162 e. The summed E-state index contributed by atoms with van der Waals surface area (Å²) in [5.41, 5.74) is 6.07. The van der Waals surface area contributed by atoms with Crippen LogP contribution in [0.15, 0.2) is 34.1 Å². The average Bonchev–Trinajstić information content (AvgIpc) is 2.85. The average molecular weight is 362 g/mol. The largest absolute Gasteiger partial charge is 0.483 e. The van der Waals surface area contributed by atoms with E-state index < -0.39 is 11.6 Å². The van der Waals surface area contributed by atoms with Crippen LogP contribution in [0.2, 0.25) is 0 Å². The summed E-state index contributed by atoms with van der Waals surface area (Å²) in [6.07, 6.45) is 0.324. The van der Waals surface area contributed by atoms with Crippen molar-refractivity contribution in [3.63, 3.8) is 0 Å². The molecule has 2 aromatic rings. The Labute approximate surface area is 128 Å². The molecule has 2 rings (SSSR count). The van der Waals surface area contributed by atoms with Crippen molar-refractivity contribution in [2.75, 3.05) is 0 Å². The second-order valence-electron chi connectivity index (χ2n) is 4.33. The minimum atomic E-state index is -0.932. The first-order chi connectivity index (χ1) is 9.51. The SMILES string of the molecule is CCC(N)C(Oc1ccc(F)c(F)c1)c1ccc(Br)s1. The molecule has 2 atom stereocenters. The van der Waals surface area contributed by atoms with Crippen molar-refractivity contribution in [2.45, 2.75) is 25.5 Å². The minimum absolute atomic E-state index is 0.228. The first kappa shape index (κ1) is 15.4. The van der Waals surface area contributed by atoms with E-state index in [1.165, 1.54) is 17.4 Å². The lowest BCUT2D eigenvalue weighted by atomic mass is 10.1. The van der Waals surface area contributed by atoms with Crippen molar-refractivity contribution in [3.8, 4) is 5.75 Å². The lowest BCUT2D eigenvalue weighted by Gasteiger charge is -2.23. The predicted molar refractivity (Wildman–Crippen MR) is 80.0 cm³/mol. The number of rotatable bonds is 5. The number of ether oxygens (including phenoxy) is 1. The van der Waals surface area contributed by atoms with Gasteiger partial charge in [0.05, 0.1) is 3.79 Å². The molecule has 0 aliphatic heterocycles. The van der Waals surface area contributed by atoms with Crippen molar-refractivity contribution in [1.82, 2.24) is 0 Å². The number of halogens is 3. The standard InChI is InChI=1S/C14H14BrF2NOS/c1-2-11(18)14(12-5-6-13(15)20-12)19-8-3-4-9(16)10(17)7-8/h3-7,11,14H,2,18H2,1H3. The Kier molecular flexibility index (Phi) is 5.12. The number of hydrogen-bond acceptors (Lipinski definition) is 3. The van der Waals surface area contributed by atoms with Gasteiger partial charge in [0.15, 0.2) is 11.6 Å². The van der Waals surface area contributed by atoms with Crippen LogP contribution in [0.1, 0.15) is 24.3 Å². The van der Waals surface area contributed by atoms with E-state index >= 15 is 0 Å². The van der Waals surface area contributed by atoms with Crippen molar-refractivity contribution in [1.29, 1.82) is 0 Å². The Morgan fingerprint density at radius 3 is 2.55 bits per heavy atom. The second-order valence-corrected chi connectivity index (χ2v) is 6.82. The summed E-state index contributed by atoms with van der Waals surface area (Å²) >= 11 is 4.90. The van der Waals surface area contributed by atoms with Gasteiger partial charge in [0.1, 0.15) is 11.9 Å². The molecule has 0 saturated heterocycles. The molecule has 0 spiro atoms. The molecular formula is C14H14BrF2NOS. The fraction of sp³-hybridized carbons (Fsp3) is 0.286. The topological polar surface area (TPSA) is 35.2 Å². The van der Waals surface area contributed by atoms with Crippen LogP contribution in [0.3, 0.4) is 0 Å². The molecule has 1 heterocycles. The van der Waals surface area contributed by atoms with Gasteiger partial charge in [0, 0.05) is 17.0 Å². The third-order valence-electron chi connectivity index (χ3n) is 2.89. The molecule has 0 amide bonds. The van der Waals surface area contributed by atoms with Crippen molar-refractivity contribution in [2.24, 2.45) is 5.73 Å². The Bertz CT molecular complexity index is 590. The van der Waals surface area contributed by atoms with Crippen LogP contribution >= 0.6 is 27.3 Å². The fourth-order valence-corrected chi connectivity index (χ4v) is 3.28. The second kappa shape index (κ2) is 6.65. The summed E-state index contributed by atoms with van der Waals surface area (Å²) in [6, 6.07) is 7.07. The van der Waals surface area contributed by atoms with Crippen LogP contribution in [-0.4, -0.2) is 6.04 Å². The van der Waals surface area contributed by atoms with Crippen LogP contribution < -0.4 is 10.5 Å². The maximum atomic E-state index is 13.2. The van der Waals surface area contributed by atoms with Gasteiger partial charge < -0.3 is 10.5 Å². The van der Waals surface area contributed by atoms with Gasteiger partial charge in [-0.25, -0.2) is 8.78 Å². The number of benzene rings is 1. The van der Waals surface area contributed by atoms with Crippen LogP contribution in [0.5, 0.6) is 5.75 Å². The van der Waals surface area contributed by atoms with E-state index in [2.05, 4.69) is 15.9 Å². The molecule has 20 heavy (non-hydrogen) atoms. The van der Waals surface area contributed by atoms with E-state index in [0.717, 1.165) is 20.8 Å². The van der Waals surface area contributed by atoms with Crippen LogP contribution in [0.25, 0.3) is 0 Å². The monoisotopic (exact) mass is 361 g/mol. The van der Waals surface area contributed by atoms with Gasteiger partial charge in [-0.05, 0) is 46.6 Å². The minimum Gasteiger partial charge on any atom is -0.483 e. The highest BCUT2D eigenvalue weighted by Crippen LogP contribution is 2.33. The third kappa shape index (κ3) is 3.56. The molecule has 0 radical (unpaired) electrons. The zero-order valence-electron chi connectivity index (χ0n) is 10.8. The van der Waals surface area contributed by atoms with Crippen molar-refractivity contribution >= 4 is 27.3 Å². The zero-order valence-corrected chi connectivity index (χ0v) is 13.2. The van der Waals surface area contributed by atoms with E-state index in [4.69, 9.17) is 10.5 Å². The molecule has 0 saturated carbocycles. The Morgan fingerprint density at radius 2 is 2.00 bits per heavy atom. The first-order valence-electron chi connectivity index (χ1n) is 6.13. The highest BCUT2D eigenvalue weighted by atomic mass is 79.9. The van der Waals surface area contributed by atoms with E-state index in [-0.39, 0.29) is 17.9 Å². The van der Waals surface area contributed by atoms with E-state index in [0.29, 0.717) is 6.42 Å². The van der Waals surface area contributed by atoms with E-state index in [9.17, 15) is 8.78 Å². The van der Waals surface area contributed by atoms with Gasteiger partial charge in [0.25, 0.3) is 0 Å². The van der Waals surface area contributed by atoms with Crippen molar-refractivity contribution in [3.05, 3.63) is 50.6 Å². The number of thiophene rings is 1. The van der Waals surface area contributed by atoms with Gasteiger partial charge in [-0.15, -0.1) is 11.3 Å². The molecule has 1 aromatic carbocycles. The number of hydrogen-bond donors (Lipinski definition) is 1. The number of nitrogens with two attached hydrogens (primary N) is 1. The third-order valence-corrected chi connectivity index (χ3v) is 4.57. The lowest BCUT2D eigenvalue weighted by Crippen LogP contribution is -2.30. The summed E-state index contributed by atoms with van der Waals surface area (Å²) in [5, 5.41) is 0. The molecule has 1 aromatic heterocycles. The van der Waals surface area contributed by atoms with E-state index in [1.807, 2.05) is 19.1 Å². The lowest BCUT2D eigenvalue weighted by molar-refractivity contribution is 0.173. The molecule has 2 nitrogen and oxygen atoms in total. The Hall–Kier alpha value is -0.980. The van der Waals surface area contributed by atoms with Gasteiger partial charge in [-0.1, -0.05) is 6.92 Å². The molecule has 0 aliphatic rings. The molecule has 0 aliphatic carbocycles. The molecular weight excluding hydrogens is 348 g/mol. The van der Waals surface area contributed by atoms with E-state index in [1.54, 1.807) is 0 Å². The predicted octanol–water partition coefficient (Wildman–Crippen LogP) is 4.65. The summed E-state index contributed by atoms with van der Waals surface area (Å²) in [7, 11) is 0. The molecule has 108 valence electrons. The van der Waals surface area contributed by atoms with Crippen LogP contribution in [-0.2, 0) is 0 Å². The van der Waals surface area contributed by atoms with Crippen LogP contribution in [0, 0.1) is 11.6 Å². The zero-order chi connectivity index (χ0) is 14.7. The van der Waals surface area contributed by atoms with Crippen molar-refractivity contribution < 1.29 is 13.5 Å². The van der Waals surface area contributed by atoms with Gasteiger partial charge in [0.2, 0.25) is 0 Å². The molecule has 6 heteroatoms. The highest BCUT2D eigenvalue weighted by molar-refractivity contribution is 9.11. The summed E-state index contributed by atoms with van der Waals surface area (Å²) in [5.74, 6) is -1.56. The first-order valence-corrected chi connectivity index (χ1v) is 7.74. The Balaban J connectivity index is 2.25. The quantitative estimate of drug-likeness (QED) is 0.841. The highest BCUT2D eigenvalue weighted by Gasteiger charge is 2.22.